The van der Waals surface area contributed by atoms with E-state index in [1.165, 1.54) is 35.2 Å². The maximum atomic E-state index is 13.7. The number of benzene rings is 2. The summed E-state index contributed by atoms with van der Waals surface area (Å²) in [6, 6.07) is 12.3. The second-order valence-corrected chi connectivity index (χ2v) is 20.1. The van der Waals surface area contributed by atoms with Crippen molar-refractivity contribution in [3.05, 3.63) is 52.9 Å². The van der Waals surface area contributed by atoms with Crippen molar-refractivity contribution in [3.63, 3.8) is 0 Å². The van der Waals surface area contributed by atoms with Crippen LogP contribution < -0.4 is 16.4 Å². The van der Waals surface area contributed by atoms with Gasteiger partial charge in [-0.25, -0.2) is 18.0 Å². The molecular formula is C27H34N4O6S3Si. The number of nitrogens with two attached hydrogens (primary N) is 1. The minimum atomic E-state index is -3.91. The number of nitrogens with one attached hydrogen (secondary N) is 3. The molecule has 0 saturated carbocycles. The Morgan fingerprint density at radius 2 is 1.88 bits per heavy atom. The number of ether oxygens (including phenoxy) is 2. The fourth-order valence-corrected chi connectivity index (χ4v) is 8.67. The number of thiophene rings is 1. The van der Waals surface area contributed by atoms with E-state index in [2.05, 4.69) is 35.0 Å². The summed E-state index contributed by atoms with van der Waals surface area (Å²) in [4.78, 5) is 24.6. The van der Waals surface area contributed by atoms with Crippen molar-refractivity contribution in [2.75, 3.05) is 23.9 Å². The van der Waals surface area contributed by atoms with E-state index in [-0.39, 0.29) is 16.3 Å². The van der Waals surface area contributed by atoms with E-state index in [1.54, 1.807) is 36.6 Å². The molecular weight excluding hydrogens is 601 g/mol. The summed E-state index contributed by atoms with van der Waals surface area (Å²) in [5.74, 6) is 0. The molecule has 0 atom stereocenters. The number of hydrogen-bond acceptors (Lipinski definition) is 10. The molecule has 2 amide bonds. The Bertz CT molecular complexity index is 1530. The minimum Gasteiger partial charge on any atom is -0.450 e. The first-order chi connectivity index (χ1) is 19.2. The van der Waals surface area contributed by atoms with E-state index in [0.29, 0.717) is 44.6 Å². The van der Waals surface area contributed by atoms with Gasteiger partial charge in [0.25, 0.3) is 0 Å². The third-order valence-corrected chi connectivity index (χ3v) is 11.9. The predicted molar refractivity (Wildman–Crippen MR) is 168 cm³/mol. The molecule has 0 unspecified atom stereocenters. The van der Waals surface area contributed by atoms with Crippen LogP contribution >= 0.6 is 23.1 Å². The lowest BCUT2D eigenvalue weighted by atomic mass is 9.98. The van der Waals surface area contributed by atoms with Gasteiger partial charge in [-0.3, -0.25) is 10.7 Å². The molecule has 0 saturated heterocycles. The number of amides is 2. The molecule has 0 aliphatic heterocycles. The number of sulfone groups is 1. The number of thioether (sulfide) groups is 1. The molecule has 0 aliphatic rings. The molecule has 5 N–H and O–H groups in total. The maximum absolute atomic E-state index is 13.7. The van der Waals surface area contributed by atoms with E-state index in [1.807, 2.05) is 6.92 Å². The smallest absolute Gasteiger partial charge is 0.413 e. The van der Waals surface area contributed by atoms with Crippen molar-refractivity contribution in [3.8, 4) is 11.1 Å². The van der Waals surface area contributed by atoms with Crippen LogP contribution in [0.4, 0.5) is 21.0 Å². The predicted octanol–water partition coefficient (Wildman–Crippen LogP) is 6.58. The molecule has 0 spiro atoms. The van der Waals surface area contributed by atoms with Gasteiger partial charge < -0.3 is 20.5 Å². The summed E-state index contributed by atoms with van der Waals surface area (Å²) in [5.41, 5.74) is 9.27. The summed E-state index contributed by atoms with van der Waals surface area (Å²) in [7, 11) is -5.24. The van der Waals surface area contributed by atoms with Crippen LogP contribution in [0.1, 0.15) is 10.4 Å². The standard InChI is InChI=1S/C27H34N4O6S3Si/c1-17-11-19(31-27(33)36-9-10-41(3,4)5)13-22(29)24(17)18-7-6-8-21(12-18)40(34,35)23-14-20(39-25(23)38-2)15-30-26(32)37-16-28/h6-8,11-14,16,28H,9-10,15,29H2,1-5H3,(H,30,32)(H,31,33). The first-order valence-electron chi connectivity index (χ1n) is 12.5. The molecule has 3 rings (SSSR count). The summed E-state index contributed by atoms with van der Waals surface area (Å²) < 4.78 is 37.7. The third kappa shape index (κ3) is 8.58. The number of nitrogen functional groups attached to an aromatic ring is 1. The fraction of sp³-hybridized carbons (Fsp3) is 0.296. The molecule has 220 valence electrons. The summed E-state index contributed by atoms with van der Waals surface area (Å²) >= 11 is 2.55. The van der Waals surface area contributed by atoms with E-state index in [9.17, 15) is 18.0 Å². The number of aryl methyl sites for hydroxylation is 1. The molecule has 10 nitrogen and oxygen atoms in total. The largest absolute Gasteiger partial charge is 0.450 e. The van der Waals surface area contributed by atoms with Crippen LogP contribution in [0.5, 0.6) is 0 Å². The molecule has 1 aromatic heterocycles. The highest BCUT2D eigenvalue weighted by Crippen LogP contribution is 2.39. The maximum Gasteiger partial charge on any atom is 0.413 e. The van der Waals surface area contributed by atoms with E-state index in [0.717, 1.165) is 11.6 Å². The van der Waals surface area contributed by atoms with Crippen molar-refractivity contribution < 1.29 is 27.5 Å². The lowest BCUT2D eigenvalue weighted by molar-refractivity contribution is 0.167. The lowest BCUT2D eigenvalue weighted by Crippen LogP contribution is -2.24. The zero-order chi connectivity index (χ0) is 30.4. The SMILES string of the molecule is CSc1sc(CNC(=O)OC=N)cc1S(=O)(=O)c1cccc(-c2c(C)cc(NC(=O)OCC[Si](C)(C)C)cc2N)c1. The highest BCUT2D eigenvalue weighted by Gasteiger charge is 2.25. The van der Waals surface area contributed by atoms with Crippen molar-refractivity contribution in [2.45, 2.75) is 53.2 Å². The van der Waals surface area contributed by atoms with Crippen LogP contribution in [-0.4, -0.2) is 47.9 Å². The summed E-state index contributed by atoms with van der Waals surface area (Å²) in [6.07, 6.45) is 0.945. The third-order valence-electron chi connectivity index (χ3n) is 5.90. The second kappa shape index (κ2) is 13.6. The zero-order valence-corrected chi connectivity index (χ0v) is 26.9. The van der Waals surface area contributed by atoms with E-state index >= 15 is 0 Å². The number of carbonyl (C=O) groups is 2. The average Bonchev–Trinajstić information content (AvgIpc) is 3.31. The molecule has 14 heteroatoms. The van der Waals surface area contributed by atoms with Gasteiger partial charge >= 0.3 is 12.2 Å². The van der Waals surface area contributed by atoms with E-state index < -0.39 is 30.1 Å². The van der Waals surface area contributed by atoms with Gasteiger partial charge in [-0.2, -0.15) is 0 Å². The Balaban J connectivity index is 1.85. The molecule has 2 aromatic carbocycles. The Morgan fingerprint density at radius 3 is 2.51 bits per heavy atom. The molecule has 0 radical (unpaired) electrons. The number of alkyl carbamates (subject to hydrolysis) is 1. The molecule has 41 heavy (non-hydrogen) atoms. The van der Waals surface area contributed by atoms with Gasteiger partial charge in [0.1, 0.15) is 0 Å². The molecule has 0 aliphatic carbocycles. The Morgan fingerprint density at radius 1 is 1.15 bits per heavy atom. The highest BCUT2D eigenvalue weighted by molar-refractivity contribution is 8.01. The first-order valence-corrected chi connectivity index (χ1v) is 19.8. The zero-order valence-electron chi connectivity index (χ0n) is 23.5. The molecule has 0 fully saturated rings. The Hall–Kier alpha value is -3.33. The quantitative estimate of drug-likeness (QED) is 0.0605. The van der Waals surface area contributed by atoms with Crippen LogP contribution in [-0.2, 0) is 25.9 Å². The van der Waals surface area contributed by atoms with Crippen molar-refractivity contribution in [1.82, 2.24) is 5.32 Å². The van der Waals surface area contributed by atoms with Crippen molar-refractivity contribution in [2.24, 2.45) is 0 Å². The monoisotopic (exact) mass is 634 g/mol. The molecule has 3 aromatic rings. The molecule has 0 bridgehead atoms. The van der Waals surface area contributed by atoms with Gasteiger partial charge in [0.15, 0.2) is 6.40 Å². The topological polar surface area (TPSA) is 161 Å². The number of carbonyl (C=O) groups excluding carboxylic acids is 2. The minimum absolute atomic E-state index is 0.0580. The van der Waals surface area contributed by atoms with Gasteiger partial charge in [0, 0.05) is 29.9 Å². The summed E-state index contributed by atoms with van der Waals surface area (Å²) in [5, 5.41) is 12.0. The number of anilines is 2. The first kappa shape index (κ1) is 32.2. The van der Waals surface area contributed by atoms with Crippen LogP contribution in [0.15, 0.2) is 56.5 Å². The van der Waals surface area contributed by atoms with Crippen LogP contribution in [0.2, 0.25) is 25.7 Å². The average molecular weight is 635 g/mol. The van der Waals surface area contributed by atoms with Crippen molar-refractivity contribution in [1.29, 1.82) is 5.41 Å². The fourth-order valence-electron chi connectivity index (χ4n) is 3.91. The Kier molecular flexibility index (Phi) is 10.6. The second-order valence-electron chi connectivity index (χ2n) is 10.3. The molecule has 1 heterocycles. The van der Waals surface area contributed by atoms with Crippen LogP contribution in [0.25, 0.3) is 11.1 Å². The number of hydrogen-bond donors (Lipinski definition) is 4. The van der Waals surface area contributed by atoms with Crippen molar-refractivity contribution >= 4 is 71.0 Å². The van der Waals surface area contributed by atoms with E-state index in [4.69, 9.17) is 15.9 Å². The van der Waals surface area contributed by atoms with Crippen LogP contribution in [0.3, 0.4) is 0 Å². The van der Waals surface area contributed by atoms with Crippen LogP contribution in [0, 0.1) is 12.3 Å². The summed E-state index contributed by atoms with van der Waals surface area (Å²) in [6.45, 7) is 8.86. The normalized spacial score (nSPS) is 11.5. The van der Waals surface area contributed by atoms with Gasteiger partial charge in [0.05, 0.1) is 27.2 Å². The van der Waals surface area contributed by atoms with Gasteiger partial charge in [-0.1, -0.05) is 31.8 Å². The van der Waals surface area contributed by atoms with Gasteiger partial charge in [0.2, 0.25) is 9.84 Å². The lowest BCUT2D eigenvalue weighted by Gasteiger charge is -2.16. The number of rotatable bonds is 11. The highest BCUT2D eigenvalue weighted by atomic mass is 32.2. The Labute approximate surface area is 249 Å². The van der Waals surface area contributed by atoms with Gasteiger partial charge in [-0.15, -0.1) is 23.1 Å². The van der Waals surface area contributed by atoms with Gasteiger partial charge in [-0.05, 0) is 60.7 Å².